The lowest BCUT2D eigenvalue weighted by molar-refractivity contribution is -0.115. The van der Waals surface area contributed by atoms with Crippen LogP contribution in [0.5, 0.6) is 5.75 Å². The molecule has 8 nitrogen and oxygen atoms in total. The first kappa shape index (κ1) is 19.1. The number of nitrogens with one attached hydrogen (secondary N) is 2. The van der Waals surface area contributed by atoms with Gasteiger partial charge in [0.2, 0.25) is 5.91 Å². The molecule has 29 heavy (non-hydrogen) atoms. The number of fused-ring (bicyclic) bond motifs is 1. The molecule has 10 heteroatoms. The summed E-state index contributed by atoms with van der Waals surface area (Å²) in [6.07, 6.45) is 1.53. The van der Waals surface area contributed by atoms with Crippen LogP contribution in [-0.2, 0) is 11.2 Å². The van der Waals surface area contributed by atoms with Crippen molar-refractivity contribution in [2.45, 2.75) is 13.3 Å². The van der Waals surface area contributed by atoms with Crippen molar-refractivity contribution in [3.8, 4) is 5.75 Å². The smallest absolute Gasteiger partial charge is 0.260 e. The summed E-state index contributed by atoms with van der Waals surface area (Å²) in [5, 5.41) is 8.15. The molecule has 0 spiro atoms. The fourth-order valence-corrected chi connectivity index (χ4v) is 4.30. The largest absolute Gasteiger partial charge is 0.494 e. The molecule has 0 bridgehead atoms. The van der Waals surface area contributed by atoms with Crippen LogP contribution in [0, 0.1) is 6.92 Å². The van der Waals surface area contributed by atoms with Crippen LogP contribution in [0.2, 0.25) is 0 Å². The predicted molar refractivity (Wildman–Crippen MR) is 112 cm³/mol. The average molecular weight is 428 g/mol. The van der Waals surface area contributed by atoms with E-state index < -0.39 is 0 Å². The van der Waals surface area contributed by atoms with Crippen LogP contribution in [0.4, 0.5) is 10.3 Å². The molecule has 4 rings (SSSR count). The molecule has 0 saturated carbocycles. The zero-order valence-electron chi connectivity index (χ0n) is 15.5. The molecule has 3 heterocycles. The van der Waals surface area contributed by atoms with Gasteiger partial charge in [-0.05, 0) is 25.1 Å². The van der Waals surface area contributed by atoms with E-state index in [1.165, 1.54) is 28.9 Å². The van der Waals surface area contributed by atoms with Gasteiger partial charge in [-0.3, -0.25) is 14.9 Å². The van der Waals surface area contributed by atoms with Gasteiger partial charge < -0.3 is 14.5 Å². The number of thiazole rings is 2. The molecule has 2 amide bonds. The molecule has 0 aliphatic rings. The fourth-order valence-electron chi connectivity index (χ4n) is 2.70. The highest BCUT2D eigenvalue weighted by molar-refractivity contribution is 7.22. The summed E-state index contributed by atoms with van der Waals surface area (Å²) < 4.78 is 11.3. The van der Waals surface area contributed by atoms with Crippen molar-refractivity contribution in [2.24, 2.45) is 0 Å². The summed E-state index contributed by atoms with van der Waals surface area (Å²) in [5.41, 5.74) is 1.72. The molecule has 0 radical (unpaired) electrons. The van der Waals surface area contributed by atoms with Crippen molar-refractivity contribution < 1.29 is 18.7 Å². The van der Waals surface area contributed by atoms with E-state index in [2.05, 4.69) is 20.6 Å². The fraction of sp³-hybridized carbons (Fsp3) is 0.158. The van der Waals surface area contributed by atoms with Gasteiger partial charge in [-0.25, -0.2) is 9.97 Å². The standard InChI is InChI=1S/C19H16N4O4S2/c1-10-12(6-7-27-10)17(25)23-18-20-11(9-28-18)8-15(24)21-19-22-16-13(26-2)4-3-5-14(16)29-19/h3-7,9H,8H2,1-2H3,(H,20,23,25)(H,21,22,24). The summed E-state index contributed by atoms with van der Waals surface area (Å²) in [7, 11) is 1.58. The van der Waals surface area contributed by atoms with Crippen LogP contribution in [0.25, 0.3) is 10.2 Å². The third-order valence-corrected chi connectivity index (χ3v) is 5.81. The lowest BCUT2D eigenvalue weighted by Gasteiger charge is -2.00. The number of para-hydroxylation sites is 1. The Morgan fingerprint density at radius 1 is 1.17 bits per heavy atom. The summed E-state index contributed by atoms with van der Waals surface area (Å²) in [6.45, 7) is 1.71. The zero-order valence-corrected chi connectivity index (χ0v) is 17.1. The van der Waals surface area contributed by atoms with Gasteiger partial charge in [-0.2, -0.15) is 0 Å². The van der Waals surface area contributed by atoms with Gasteiger partial charge in [0.25, 0.3) is 5.91 Å². The van der Waals surface area contributed by atoms with Gasteiger partial charge in [0, 0.05) is 5.38 Å². The number of carbonyl (C=O) groups excluding carboxylic acids is 2. The van der Waals surface area contributed by atoms with Crippen LogP contribution in [-0.4, -0.2) is 28.9 Å². The van der Waals surface area contributed by atoms with Gasteiger partial charge in [-0.1, -0.05) is 17.4 Å². The molecule has 4 aromatic rings. The van der Waals surface area contributed by atoms with Crippen LogP contribution < -0.4 is 15.4 Å². The number of nitrogens with zero attached hydrogens (tertiary/aromatic N) is 2. The van der Waals surface area contributed by atoms with Gasteiger partial charge in [0.15, 0.2) is 10.3 Å². The van der Waals surface area contributed by atoms with E-state index in [9.17, 15) is 9.59 Å². The van der Waals surface area contributed by atoms with Crippen molar-refractivity contribution in [3.05, 3.63) is 52.9 Å². The molecule has 0 aliphatic heterocycles. The summed E-state index contributed by atoms with van der Waals surface area (Å²) >= 11 is 2.63. The minimum atomic E-state index is -0.301. The first-order chi connectivity index (χ1) is 14.0. The molecule has 1 aromatic carbocycles. The van der Waals surface area contributed by atoms with E-state index >= 15 is 0 Å². The maximum atomic E-state index is 12.4. The lowest BCUT2D eigenvalue weighted by atomic mass is 10.2. The van der Waals surface area contributed by atoms with E-state index in [-0.39, 0.29) is 18.2 Å². The minimum absolute atomic E-state index is 0.0736. The van der Waals surface area contributed by atoms with E-state index in [0.717, 1.165) is 4.70 Å². The summed E-state index contributed by atoms with van der Waals surface area (Å²) in [5.74, 6) is 0.653. The summed E-state index contributed by atoms with van der Waals surface area (Å²) in [4.78, 5) is 33.3. The second-order valence-corrected chi connectivity index (χ2v) is 7.93. The Hall–Kier alpha value is -3.24. The lowest BCUT2D eigenvalue weighted by Crippen LogP contribution is -2.15. The number of furan rings is 1. The van der Waals surface area contributed by atoms with Crippen molar-refractivity contribution >= 4 is 55.0 Å². The topological polar surface area (TPSA) is 106 Å². The van der Waals surface area contributed by atoms with Gasteiger partial charge in [0.05, 0.1) is 35.8 Å². The predicted octanol–water partition coefficient (Wildman–Crippen LogP) is 4.10. The van der Waals surface area contributed by atoms with Crippen molar-refractivity contribution in [2.75, 3.05) is 17.7 Å². The number of amides is 2. The minimum Gasteiger partial charge on any atom is -0.494 e. The highest BCUT2D eigenvalue weighted by atomic mass is 32.1. The molecule has 0 saturated heterocycles. The van der Waals surface area contributed by atoms with E-state index in [4.69, 9.17) is 9.15 Å². The normalized spacial score (nSPS) is 10.8. The Balaban J connectivity index is 1.39. The molecule has 0 atom stereocenters. The SMILES string of the molecule is COc1cccc2sc(NC(=O)Cc3csc(NC(=O)c4ccoc4C)n3)nc12. The van der Waals surface area contributed by atoms with Gasteiger partial charge >= 0.3 is 0 Å². The molecule has 0 fully saturated rings. The molecular formula is C19H16N4O4S2. The second kappa shape index (κ2) is 8.02. The monoisotopic (exact) mass is 428 g/mol. The molecule has 148 valence electrons. The summed E-state index contributed by atoms with van der Waals surface area (Å²) in [6, 6.07) is 7.22. The second-order valence-electron chi connectivity index (χ2n) is 6.04. The number of hydrogen-bond acceptors (Lipinski definition) is 8. The van der Waals surface area contributed by atoms with Crippen LogP contribution in [0.3, 0.4) is 0 Å². The zero-order chi connectivity index (χ0) is 20.4. The third kappa shape index (κ3) is 4.13. The number of aromatic nitrogens is 2. The molecule has 3 aromatic heterocycles. The van der Waals surface area contributed by atoms with Crippen molar-refractivity contribution in [1.29, 1.82) is 0 Å². The maximum absolute atomic E-state index is 12.4. The molecular weight excluding hydrogens is 412 g/mol. The van der Waals surface area contributed by atoms with Crippen molar-refractivity contribution in [3.63, 3.8) is 0 Å². The maximum Gasteiger partial charge on any atom is 0.260 e. The van der Waals surface area contributed by atoms with Crippen molar-refractivity contribution in [1.82, 2.24) is 9.97 Å². The third-order valence-electron chi connectivity index (χ3n) is 4.07. The number of aryl methyl sites for hydroxylation is 1. The van der Waals surface area contributed by atoms with Crippen LogP contribution in [0.15, 0.2) is 40.3 Å². The van der Waals surface area contributed by atoms with E-state index in [1.54, 1.807) is 25.5 Å². The number of rotatable bonds is 6. The van der Waals surface area contributed by atoms with Gasteiger partial charge in [-0.15, -0.1) is 11.3 Å². The number of ether oxygens (including phenoxy) is 1. The van der Waals surface area contributed by atoms with E-state index in [1.807, 2.05) is 18.2 Å². The Morgan fingerprint density at radius 2 is 2.03 bits per heavy atom. The van der Waals surface area contributed by atoms with E-state index in [0.29, 0.717) is 38.5 Å². The molecule has 0 aliphatic carbocycles. The Labute approximate surface area is 173 Å². The number of benzene rings is 1. The highest BCUT2D eigenvalue weighted by Gasteiger charge is 2.15. The number of anilines is 2. The number of hydrogen-bond donors (Lipinski definition) is 2. The van der Waals surface area contributed by atoms with Crippen LogP contribution >= 0.6 is 22.7 Å². The molecule has 2 N–H and O–H groups in total. The number of carbonyl (C=O) groups is 2. The Kier molecular flexibility index (Phi) is 5.28. The average Bonchev–Trinajstić information content (AvgIpc) is 3.40. The Bertz CT molecular complexity index is 1190. The van der Waals surface area contributed by atoms with Gasteiger partial charge in [0.1, 0.15) is 17.0 Å². The highest BCUT2D eigenvalue weighted by Crippen LogP contribution is 2.32. The Morgan fingerprint density at radius 3 is 2.79 bits per heavy atom. The van der Waals surface area contributed by atoms with Crippen LogP contribution in [0.1, 0.15) is 21.8 Å². The quantitative estimate of drug-likeness (QED) is 0.479. The first-order valence-corrected chi connectivity index (χ1v) is 10.3. The first-order valence-electron chi connectivity index (χ1n) is 8.56. The molecule has 0 unspecified atom stereocenters. The number of methoxy groups -OCH3 is 1.